The Hall–Kier alpha value is -0.310. The van der Waals surface area contributed by atoms with Crippen LogP contribution in [0, 0.1) is 0 Å². The van der Waals surface area contributed by atoms with Crippen molar-refractivity contribution in [3.8, 4) is 0 Å². The van der Waals surface area contributed by atoms with Gasteiger partial charge < -0.3 is 4.74 Å². The molecule has 0 radical (unpaired) electrons. The molecule has 0 aromatic carbocycles. The van der Waals surface area contributed by atoms with Gasteiger partial charge in [0.25, 0.3) is 0 Å². The number of hydrogen-bond donors (Lipinski definition) is 0. The van der Waals surface area contributed by atoms with E-state index in [1.807, 2.05) is 6.08 Å². The first kappa shape index (κ1) is 12.7. The van der Waals surface area contributed by atoms with Crippen LogP contribution in [0.2, 0.25) is 0 Å². The van der Waals surface area contributed by atoms with E-state index in [4.69, 9.17) is 4.74 Å². The van der Waals surface area contributed by atoms with E-state index in [1.54, 1.807) is 0 Å². The van der Waals surface area contributed by atoms with Gasteiger partial charge >= 0.3 is 5.97 Å². The molecule has 0 rings (SSSR count). The first-order valence-corrected chi connectivity index (χ1v) is 5.82. The quantitative estimate of drug-likeness (QED) is 0.300. The van der Waals surface area contributed by atoms with Crippen molar-refractivity contribution in [2.75, 3.05) is 11.9 Å². The summed E-state index contributed by atoms with van der Waals surface area (Å²) in [7, 11) is 0. The molecule has 0 amide bonds. The van der Waals surface area contributed by atoms with Gasteiger partial charge in [-0.05, 0) is 12.8 Å². The molecule has 0 saturated carbocycles. The van der Waals surface area contributed by atoms with Crippen LogP contribution in [0.4, 0.5) is 0 Å². The first-order valence-electron chi connectivity index (χ1n) is 4.70. The first-order chi connectivity index (χ1) is 6.31. The van der Waals surface area contributed by atoms with E-state index in [-0.39, 0.29) is 5.97 Å². The van der Waals surface area contributed by atoms with Gasteiger partial charge in [-0.3, -0.25) is 0 Å². The van der Waals surface area contributed by atoms with Gasteiger partial charge in [0.2, 0.25) is 0 Å². The van der Waals surface area contributed by atoms with E-state index in [0.717, 1.165) is 12.8 Å². The minimum absolute atomic E-state index is 0.240. The number of unbranched alkanes of at least 4 members (excludes halogenated alkanes) is 3. The SMILES string of the molecule is CCCCCC=CC(=O)OCCBr. The summed E-state index contributed by atoms with van der Waals surface area (Å²) >= 11 is 3.18. The second-order valence-corrected chi connectivity index (χ2v) is 3.55. The topological polar surface area (TPSA) is 26.3 Å². The van der Waals surface area contributed by atoms with Crippen molar-refractivity contribution in [3.63, 3.8) is 0 Å². The Bertz CT molecular complexity index is 155. The third-order valence-electron chi connectivity index (χ3n) is 1.55. The van der Waals surface area contributed by atoms with Crippen LogP contribution in [0.25, 0.3) is 0 Å². The van der Waals surface area contributed by atoms with Crippen molar-refractivity contribution in [2.24, 2.45) is 0 Å². The molecular formula is C10H17BrO2. The summed E-state index contributed by atoms with van der Waals surface area (Å²) < 4.78 is 4.83. The Morgan fingerprint density at radius 3 is 2.85 bits per heavy atom. The highest BCUT2D eigenvalue weighted by Gasteiger charge is 1.93. The molecule has 0 heterocycles. The standard InChI is InChI=1S/C10H17BrO2/c1-2-3-4-5-6-7-10(12)13-9-8-11/h6-7H,2-5,8-9H2,1H3. The predicted molar refractivity (Wildman–Crippen MR) is 58.0 cm³/mol. The van der Waals surface area contributed by atoms with Crippen molar-refractivity contribution in [3.05, 3.63) is 12.2 Å². The highest BCUT2D eigenvalue weighted by Crippen LogP contribution is 1.99. The minimum Gasteiger partial charge on any atom is -0.462 e. The minimum atomic E-state index is -0.240. The fourth-order valence-electron chi connectivity index (χ4n) is 0.879. The van der Waals surface area contributed by atoms with Gasteiger partial charge in [0.05, 0.1) is 0 Å². The second-order valence-electron chi connectivity index (χ2n) is 2.75. The maximum absolute atomic E-state index is 10.9. The molecule has 3 heteroatoms. The van der Waals surface area contributed by atoms with Gasteiger partial charge in [0.1, 0.15) is 6.61 Å². The third-order valence-corrected chi connectivity index (χ3v) is 1.87. The Morgan fingerprint density at radius 1 is 1.46 bits per heavy atom. The van der Waals surface area contributed by atoms with E-state index < -0.39 is 0 Å². The van der Waals surface area contributed by atoms with Gasteiger partial charge in [-0.1, -0.05) is 41.8 Å². The predicted octanol–water partition coefficient (Wildman–Crippen LogP) is 3.06. The summed E-state index contributed by atoms with van der Waals surface area (Å²) in [5, 5.41) is 0.697. The molecule has 0 saturated heterocycles. The molecule has 2 nitrogen and oxygen atoms in total. The highest BCUT2D eigenvalue weighted by molar-refractivity contribution is 9.09. The molecule has 76 valence electrons. The van der Waals surface area contributed by atoms with Gasteiger partial charge in [-0.25, -0.2) is 4.79 Å². The Balaban J connectivity index is 3.31. The van der Waals surface area contributed by atoms with Crippen molar-refractivity contribution < 1.29 is 9.53 Å². The molecule has 0 bridgehead atoms. The molecule has 0 atom stereocenters. The summed E-state index contributed by atoms with van der Waals surface area (Å²) in [6, 6.07) is 0. The molecule has 0 aliphatic rings. The van der Waals surface area contributed by atoms with Crippen LogP contribution >= 0.6 is 15.9 Å². The van der Waals surface area contributed by atoms with E-state index >= 15 is 0 Å². The molecule has 0 fully saturated rings. The molecule has 0 aromatic heterocycles. The smallest absolute Gasteiger partial charge is 0.330 e. The van der Waals surface area contributed by atoms with E-state index in [9.17, 15) is 4.79 Å². The lowest BCUT2D eigenvalue weighted by molar-refractivity contribution is -0.137. The van der Waals surface area contributed by atoms with Gasteiger partial charge in [-0.15, -0.1) is 0 Å². The number of allylic oxidation sites excluding steroid dienone is 1. The zero-order chi connectivity index (χ0) is 9.94. The number of ether oxygens (including phenoxy) is 1. The number of carbonyl (C=O) groups is 1. The summed E-state index contributed by atoms with van der Waals surface area (Å²) in [6.45, 7) is 2.60. The van der Waals surface area contributed by atoms with Gasteiger partial charge in [0.15, 0.2) is 0 Å². The summed E-state index contributed by atoms with van der Waals surface area (Å²) in [5.74, 6) is -0.240. The van der Waals surface area contributed by atoms with Crippen LogP contribution in [0.15, 0.2) is 12.2 Å². The highest BCUT2D eigenvalue weighted by atomic mass is 79.9. The normalized spacial score (nSPS) is 10.6. The van der Waals surface area contributed by atoms with Crippen molar-refractivity contribution in [2.45, 2.75) is 32.6 Å². The lowest BCUT2D eigenvalue weighted by Gasteiger charge is -1.96. The molecule has 0 aliphatic carbocycles. The number of hydrogen-bond acceptors (Lipinski definition) is 2. The monoisotopic (exact) mass is 248 g/mol. The van der Waals surface area contributed by atoms with E-state index in [0.29, 0.717) is 11.9 Å². The molecular weight excluding hydrogens is 232 g/mol. The van der Waals surface area contributed by atoms with Crippen LogP contribution in [0.5, 0.6) is 0 Å². The fraction of sp³-hybridized carbons (Fsp3) is 0.700. The lowest BCUT2D eigenvalue weighted by Crippen LogP contribution is -2.02. The molecule has 0 spiro atoms. The van der Waals surface area contributed by atoms with Crippen molar-refractivity contribution in [1.82, 2.24) is 0 Å². The average molecular weight is 249 g/mol. The maximum atomic E-state index is 10.9. The Labute approximate surface area is 88.5 Å². The van der Waals surface area contributed by atoms with E-state index in [2.05, 4.69) is 22.9 Å². The fourth-order valence-corrected chi connectivity index (χ4v) is 1.04. The number of carbonyl (C=O) groups excluding carboxylic acids is 1. The zero-order valence-electron chi connectivity index (χ0n) is 8.09. The van der Waals surface area contributed by atoms with Crippen LogP contribution < -0.4 is 0 Å². The summed E-state index contributed by atoms with van der Waals surface area (Å²) in [4.78, 5) is 10.9. The number of rotatable bonds is 7. The molecule has 0 aliphatic heterocycles. The molecule has 0 N–H and O–H groups in total. The second kappa shape index (κ2) is 9.78. The van der Waals surface area contributed by atoms with Crippen LogP contribution in [-0.4, -0.2) is 17.9 Å². The number of esters is 1. The third kappa shape index (κ3) is 9.61. The summed E-state index contributed by atoms with van der Waals surface area (Å²) in [5.41, 5.74) is 0. The molecule has 0 aromatic rings. The largest absolute Gasteiger partial charge is 0.462 e. The zero-order valence-corrected chi connectivity index (χ0v) is 9.68. The summed E-state index contributed by atoms with van der Waals surface area (Å²) in [6.07, 6.45) is 7.95. The maximum Gasteiger partial charge on any atom is 0.330 e. The van der Waals surface area contributed by atoms with Crippen molar-refractivity contribution >= 4 is 21.9 Å². The molecule has 13 heavy (non-hydrogen) atoms. The Morgan fingerprint density at radius 2 is 2.23 bits per heavy atom. The van der Waals surface area contributed by atoms with Crippen LogP contribution in [0.1, 0.15) is 32.6 Å². The van der Waals surface area contributed by atoms with Crippen LogP contribution in [0.3, 0.4) is 0 Å². The van der Waals surface area contributed by atoms with E-state index in [1.165, 1.54) is 18.9 Å². The van der Waals surface area contributed by atoms with Crippen molar-refractivity contribution in [1.29, 1.82) is 0 Å². The Kier molecular flexibility index (Phi) is 9.54. The van der Waals surface area contributed by atoms with Gasteiger partial charge in [-0.2, -0.15) is 0 Å². The van der Waals surface area contributed by atoms with Crippen LogP contribution in [-0.2, 0) is 9.53 Å². The number of halogens is 1. The lowest BCUT2D eigenvalue weighted by atomic mass is 10.2. The molecule has 0 unspecified atom stereocenters. The number of alkyl halides is 1. The average Bonchev–Trinajstić information content (AvgIpc) is 2.14. The van der Waals surface area contributed by atoms with Gasteiger partial charge in [0, 0.05) is 11.4 Å².